The van der Waals surface area contributed by atoms with Crippen LogP contribution in [0, 0.1) is 0 Å². The van der Waals surface area contributed by atoms with Crippen LogP contribution in [0.3, 0.4) is 0 Å². The first-order valence-corrected chi connectivity index (χ1v) is 11.6. The van der Waals surface area contributed by atoms with E-state index in [0.717, 1.165) is 60.9 Å². The molecular formula is C28H30NO4+. The first-order chi connectivity index (χ1) is 16.2. The van der Waals surface area contributed by atoms with Crippen LogP contribution in [0.25, 0.3) is 0 Å². The van der Waals surface area contributed by atoms with Crippen molar-refractivity contribution in [3.05, 3.63) is 82.9 Å². The van der Waals surface area contributed by atoms with Crippen LogP contribution < -0.4 is 18.9 Å². The predicted molar refractivity (Wildman–Crippen MR) is 128 cm³/mol. The number of nitrogens with zero attached hydrogens (tertiary/aromatic N) is 1. The molecule has 0 aromatic heterocycles. The lowest BCUT2D eigenvalue weighted by molar-refractivity contribution is -0.529. The van der Waals surface area contributed by atoms with Crippen LogP contribution in [0.15, 0.2) is 60.7 Å². The Morgan fingerprint density at radius 3 is 2.52 bits per heavy atom. The average Bonchev–Trinajstić information content (AvgIpc) is 3.31. The van der Waals surface area contributed by atoms with Crippen molar-refractivity contribution in [2.75, 3.05) is 27.0 Å². The minimum absolute atomic E-state index is 0.298. The van der Waals surface area contributed by atoms with E-state index < -0.39 is 0 Å². The molecule has 0 fully saturated rings. The van der Waals surface area contributed by atoms with Crippen molar-refractivity contribution in [1.82, 2.24) is 0 Å². The fourth-order valence-electron chi connectivity index (χ4n) is 4.62. The Hall–Kier alpha value is -3.47. The van der Waals surface area contributed by atoms with Crippen molar-refractivity contribution in [3.63, 3.8) is 0 Å². The molecular weight excluding hydrogens is 414 g/mol. The zero-order valence-electron chi connectivity index (χ0n) is 19.3. The molecule has 0 amide bonds. The van der Waals surface area contributed by atoms with Gasteiger partial charge in [-0.3, -0.25) is 0 Å². The molecule has 2 aliphatic rings. The second-order valence-electron chi connectivity index (χ2n) is 8.48. The molecule has 5 heteroatoms. The Balaban J connectivity index is 1.45. The van der Waals surface area contributed by atoms with Gasteiger partial charge in [-0.1, -0.05) is 43.3 Å². The minimum atomic E-state index is 0.298. The van der Waals surface area contributed by atoms with Crippen LogP contribution in [0.4, 0.5) is 0 Å². The Bertz CT molecular complexity index is 1170. The van der Waals surface area contributed by atoms with Crippen LogP contribution in [0.1, 0.15) is 35.6 Å². The lowest BCUT2D eigenvalue weighted by atomic mass is 9.92. The van der Waals surface area contributed by atoms with E-state index in [-0.39, 0.29) is 0 Å². The second kappa shape index (κ2) is 9.57. The molecule has 33 heavy (non-hydrogen) atoms. The normalized spacial score (nSPS) is 14.2. The highest BCUT2D eigenvalue weighted by Crippen LogP contribution is 2.37. The van der Waals surface area contributed by atoms with Crippen molar-refractivity contribution in [2.45, 2.75) is 32.8 Å². The first kappa shape index (κ1) is 21.4. The highest BCUT2D eigenvalue weighted by Gasteiger charge is 2.29. The number of methoxy groups -OCH3 is 1. The molecule has 2 aliphatic heterocycles. The number of hydrogen-bond acceptors (Lipinski definition) is 4. The summed E-state index contributed by atoms with van der Waals surface area (Å²) in [6, 6.07) is 20.8. The summed E-state index contributed by atoms with van der Waals surface area (Å²) in [5, 5.41) is 0. The third-order valence-corrected chi connectivity index (χ3v) is 6.27. The molecule has 0 atom stereocenters. The highest BCUT2D eigenvalue weighted by atomic mass is 16.7. The molecule has 0 saturated carbocycles. The molecule has 170 valence electrons. The van der Waals surface area contributed by atoms with E-state index in [1.807, 2.05) is 24.3 Å². The van der Waals surface area contributed by atoms with Crippen LogP contribution >= 0.6 is 0 Å². The second-order valence-corrected chi connectivity index (χ2v) is 8.48. The Morgan fingerprint density at radius 2 is 1.73 bits per heavy atom. The van der Waals surface area contributed by atoms with Gasteiger partial charge in [0.25, 0.3) is 0 Å². The molecule has 0 unspecified atom stereocenters. The summed E-state index contributed by atoms with van der Waals surface area (Å²) in [6.07, 6.45) is 2.94. The molecule has 2 heterocycles. The van der Waals surface area contributed by atoms with Gasteiger partial charge in [-0.2, -0.15) is 0 Å². The van der Waals surface area contributed by atoms with E-state index in [1.165, 1.54) is 22.4 Å². The smallest absolute Gasteiger partial charge is 0.231 e. The molecule has 5 nitrogen and oxygen atoms in total. The largest absolute Gasteiger partial charge is 0.493 e. The van der Waals surface area contributed by atoms with Gasteiger partial charge in [0.05, 0.1) is 13.5 Å². The summed E-state index contributed by atoms with van der Waals surface area (Å²) in [4.78, 5) is 0. The summed E-state index contributed by atoms with van der Waals surface area (Å²) in [5.74, 6) is 3.21. The molecule has 5 rings (SSSR count). The zero-order chi connectivity index (χ0) is 22.6. The van der Waals surface area contributed by atoms with Crippen molar-refractivity contribution < 1.29 is 23.5 Å². The fourth-order valence-corrected chi connectivity index (χ4v) is 4.62. The molecule has 0 saturated heterocycles. The number of rotatable bonds is 8. The highest BCUT2D eigenvalue weighted by molar-refractivity contribution is 6.01. The maximum atomic E-state index is 6.16. The molecule has 3 aromatic carbocycles. The van der Waals surface area contributed by atoms with Crippen LogP contribution in [0.5, 0.6) is 23.0 Å². The van der Waals surface area contributed by atoms with Crippen LogP contribution in [-0.4, -0.2) is 37.3 Å². The van der Waals surface area contributed by atoms with Gasteiger partial charge in [0.2, 0.25) is 6.79 Å². The van der Waals surface area contributed by atoms with Crippen LogP contribution in [0.2, 0.25) is 0 Å². The van der Waals surface area contributed by atoms with E-state index in [4.69, 9.17) is 18.9 Å². The van der Waals surface area contributed by atoms with Crippen molar-refractivity contribution in [2.24, 2.45) is 0 Å². The van der Waals surface area contributed by atoms with E-state index in [2.05, 4.69) is 47.9 Å². The Labute approximate surface area is 195 Å². The molecule has 0 bridgehead atoms. The Morgan fingerprint density at radius 1 is 0.909 bits per heavy atom. The number of hydrogen-bond donors (Lipinski definition) is 0. The summed E-state index contributed by atoms with van der Waals surface area (Å²) in [5.41, 5.74) is 6.25. The third kappa shape index (κ3) is 4.54. The van der Waals surface area contributed by atoms with Gasteiger partial charge in [0, 0.05) is 18.4 Å². The fraction of sp³-hybridized carbons (Fsp3) is 0.321. The lowest BCUT2D eigenvalue weighted by Crippen LogP contribution is -2.32. The quantitative estimate of drug-likeness (QED) is 0.458. The van der Waals surface area contributed by atoms with Gasteiger partial charge in [-0.15, -0.1) is 0 Å². The summed E-state index contributed by atoms with van der Waals surface area (Å²) in [6.45, 7) is 5.09. The van der Waals surface area contributed by atoms with Gasteiger partial charge in [0.15, 0.2) is 28.7 Å². The van der Waals surface area contributed by atoms with Gasteiger partial charge >= 0.3 is 0 Å². The standard InChI is InChI=1S/C28H30NO4/c1-3-12-29-13-11-22-16-27-28(33-19-32-27)17-23(22)24(29)14-21-9-10-25(30-2)26(15-21)31-18-20-7-5-4-6-8-20/h4-10,15-17H,3,11-14,18-19H2,1-2H3/q+1. The maximum absolute atomic E-state index is 6.16. The molecule has 3 aromatic rings. The molecule has 0 N–H and O–H groups in total. The molecule has 0 radical (unpaired) electrons. The molecule has 0 aliphatic carbocycles. The maximum Gasteiger partial charge on any atom is 0.231 e. The molecule has 0 spiro atoms. The SMILES string of the molecule is CCC[N+]1=C(Cc2ccc(OC)c(OCc3ccccc3)c2)c2cc3c(cc2CC1)OCO3. The first-order valence-electron chi connectivity index (χ1n) is 11.6. The van der Waals surface area contributed by atoms with Gasteiger partial charge in [-0.05, 0) is 41.0 Å². The van der Waals surface area contributed by atoms with Crippen molar-refractivity contribution in [3.8, 4) is 23.0 Å². The number of fused-ring (bicyclic) bond motifs is 2. The minimum Gasteiger partial charge on any atom is -0.493 e. The third-order valence-electron chi connectivity index (χ3n) is 6.27. The van der Waals surface area contributed by atoms with E-state index in [1.54, 1.807) is 7.11 Å². The van der Waals surface area contributed by atoms with E-state index in [0.29, 0.717) is 13.4 Å². The van der Waals surface area contributed by atoms with Gasteiger partial charge in [0.1, 0.15) is 19.7 Å². The number of ether oxygens (including phenoxy) is 4. The topological polar surface area (TPSA) is 39.9 Å². The lowest BCUT2D eigenvalue weighted by Gasteiger charge is -2.20. The van der Waals surface area contributed by atoms with Crippen molar-refractivity contribution >= 4 is 5.71 Å². The van der Waals surface area contributed by atoms with E-state index in [9.17, 15) is 0 Å². The average molecular weight is 445 g/mol. The van der Waals surface area contributed by atoms with Gasteiger partial charge in [-0.25, -0.2) is 4.58 Å². The summed E-state index contributed by atoms with van der Waals surface area (Å²) >= 11 is 0. The van der Waals surface area contributed by atoms with E-state index >= 15 is 0 Å². The van der Waals surface area contributed by atoms with Crippen LogP contribution in [-0.2, 0) is 19.4 Å². The van der Waals surface area contributed by atoms with Gasteiger partial charge < -0.3 is 18.9 Å². The Kier molecular flexibility index (Phi) is 6.20. The summed E-state index contributed by atoms with van der Waals surface area (Å²) in [7, 11) is 1.68. The number of benzene rings is 3. The van der Waals surface area contributed by atoms with Crippen molar-refractivity contribution in [1.29, 1.82) is 0 Å². The zero-order valence-corrected chi connectivity index (χ0v) is 19.3. The monoisotopic (exact) mass is 444 g/mol. The summed E-state index contributed by atoms with van der Waals surface area (Å²) < 4.78 is 25.6. The predicted octanol–water partition coefficient (Wildman–Crippen LogP) is 5.01.